The zero-order chi connectivity index (χ0) is 24.3. The average molecular weight is 467 g/mol. The van der Waals surface area contributed by atoms with E-state index in [4.69, 9.17) is 9.15 Å². The van der Waals surface area contributed by atoms with E-state index in [1.54, 1.807) is 24.3 Å². The highest BCUT2D eigenvalue weighted by molar-refractivity contribution is 5.96. The molecular weight excluding hydrogens is 451 g/mol. The van der Waals surface area contributed by atoms with E-state index in [1.165, 1.54) is 4.57 Å². The van der Waals surface area contributed by atoms with Crippen LogP contribution in [0.25, 0.3) is 11.1 Å². The Morgan fingerprint density at radius 3 is 2.61 bits per heavy atom. The quantitative estimate of drug-likeness (QED) is 0.319. The lowest BCUT2D eigenvalue weighted by Crippen LogP contribution is -2.31. The van der Waals surface area contributed by atoms with Crippen molar-refractivity contribution in [2.45, 2.75) is 32.2 Å². The Balaban J connectivity index is 1.65. The maximum absolute atomic E-state index is 13.2. The van der Waals surface area contributed by atoms with Gasteiger partial charge >= 0.3 is 17.9 Å². The summed E-state index contributed by atoms with van der Waals surface area (Å²) in [5.74, 6) is -2.64. The highest BCUT2D eigenvalue weighted by atomic mass is 19.4. The van der Waals surface area contributed by atoms with Crippen LogP contribution >= 0.6 is 0 Å². The summed E-state index contributed by atoms with van der Waals surface area (Å²) >= 11 is 0. The highest BCUT2D eigenvalue weighted by Gasteiger charge is 2.36. The molecule has 174 valence electrons. The molecule has 2 aromatic carbocycles. The summed E-state index contributed by atoms with van der Waals surface area (Å²) in [7, 11) is 0. The number of oxazole rings is 1. The number of para-hydroxylation sites is 2. The standard InChI is InChI=1S/C20H16F3N3O7/c1-11(18(28)24-14-7-6-12(26(30)31)10-13(14)20(21,22)23)32-17(27)8-9-25-15-4-2-3-5-16(15)33-19(25)29/h2-7,10-11H,8-9H2,1H3,(H,24,28). The molecule has 1 heterocycles. The van der Waals surface area contributed by atoms with Crippen molar-refractivity contribution in [3.8, 4) is 0 Å². The third kappa shape index (κ3) is 5.37. The molecule has 0 aliphatic heterocycles. The summed E-state index contributed by atoms with van der Waals surface area (Å²) < 4.78 is 50.9. The lowest BCUT2D eigenvalue weighted by Gasteiger charge is -2.17. The van der Waals surface area contributed by atoms with Crippen molar-refractivity contribution in [3.63, 3.8) is 0 Å². The molecule has 1 aromatic heterocycles. The minimum Gasteiger partial charge on any atom is -0.452 e. The van der Waals surface area contributed by atoms with Crippen LogP contribution in [0.2, 0.25) is 0 Å². The molecule has 0 saturated carbocycles. The number of benzene rings is 2. The van der Waals surface area contributed by atoms with Crippen LogP contribution in [0.5, 0.6) is 0 Å². The van der Waals surface area contributed by atoms with Gasteiger partial charge in [0.2, 0.25) is 0 Å². The topological polar surface area (TPSA) is 134 Å². The fraction of sp³-hybridized carbons (Fsp3) is 0.250. The number of carbonyl (C=O) groups excluding carboxylic acids is 2. The van der Waals surface area contributed by atoms with Crippen molar-refractivity contribution < 1.29 is 36.8 Å². The first-order valence-electron chi connectivity index (χ1n) is 9.41. The maximum atomic E-state index is 13.2. The van der Waals surface area contributed by atoms with Gasteiger partial charge in [0.15, 0.2) is 11.7 Å². The molecule has 0 saturated heterocycles. The SMILES string of the molecule is CC(OC(=O)CCn1c(=O)oc2ccccc21)C(=O)Nc1ccc([N+](=O)[O-])cc1C(F)(F)F. The molecule has 1 amide bonds. The molecule has 10 nitrogen and oxygen atoms in total. The summed E-state index contributed by atoms with van der Waals surface area (Å²) in [5.41, 5.74) is -2.17. The van der Waals surface area contributed by atoms with Crippen LogP contribution in [0.1, 0.15) is 18.9 Å². The Bertz CT molecular complexity index is 1280. The van der Waals surface area contributed by atoms with Crippen LogP contribution < -0.4 is 11.1 Å². The Kier molecular flexibility index (Phi) is 6.51. The van der Waals surface area contributed by atoms with Gasteiger partial charge in [0, 0.05) is 18.7 Å². The first-order valence-corrected chi connectivity index (χ1v) is 9.41. The third-order valence-corrected chi connectivity index (χ3v) is 4.57. The molecule has 33 heavy (non-hydrogen) atoms. The van der Waals surface area contributed by atoms with Crippen molar-refractivity contribution >= 4 is 34.4 Å². The van der Waals surface area contributed by atoms with E-state index >= 15 is 0 Å². The van der Waals surface area contributed by atoms with Crippen LogP contribution in [-0.2, 0) is 27.0 Å². The van der Waals surface area contributed by atoms with Crippen LogP contribution in [0.3, 0.4) is 0 Å². The van der Waals surface area contributed by atoms with E-state index in [-0.39, 0.29) is 13.0 Å². The minimum absolute atomic E-state index is 0.108. The van der Waals surface area contributed by atoms with Gasteiger partial charge in [-0.15, -0.1) is 0 Å². The number of hydrogen-bond donors (Lipinski definition) is 1. The second kappa shape index (κ2) is 9.14. The Hall–Kier alpha value is -4.16. The number of alkyl halides is 3. The van der Waals surface area contributed by atoms with Crippen molar-refractivity contribution in [3.05, 3.63) is 68.7 Å². The fourth-order valence-electron chi connectivity index (χ4n) is 2.96. The molecule has 3 aromatic rings. The zero-order valence-corrected chi connectivity index (χ0v) is 16.9. The number of esters is 1. The van der Waals surface area contributed by atoms with Crippen molar-refractivity contribution in [2.75, 3.05) is 5.32 Å². The zero-order valence-electron chi connectivity index (χ0n) is 16.9. The van der Waals surface area contributed by atoms with E-state index in [0.29, 0.717) is 17.2 Å². The number of nitro groups is 1. The summed E-state index contributed by atoms with van der Waals surface area (Å²) in [4.78, 5) is 46.0. The summed E-state index contributed by atoms with van der Waals surface area (Å²) in [6.07, 6.45) is -6.77. The normalized spacial score (nSPS) is 12.4. The molecule has 1 atom stereocenters. The van der Waals surface area contributed by atoms with Gasteiger partial charge in [0.1, 0.15) is 0 Å². The van der Waals surface area contributed by atoms with E-state index in [9.17, 15) is 37.7 Å². The van der Waals surface area contributed by atoms with Crippen LogP contribution in [0.4, 0.5) is 24.5 Å². The Labute approximate surface area is 182 Å². The van der Waals surface area contributed by atoms with Crippen LogP contribution in [0.15, 0.2) is 51.7 Å². The Morgan fingerprint density at radius 1 is 1.24 bits per heavy atom. The van der Waals surface area contributed by atoms with Crippen molar-refractivity contribution in [2.24, 2.45) is 0 Å². The lowest BCUT2D eigenvalue weighted by atomic mass is 10.1. The fourth-order valence-corrected chi connectivity index (χ4v) is 2.96. The first kappa shape index (κ1) is 23.5. The van der Waals surface area contributed by atoms with Gasteiger partial charge in [-0.3, -0.25) is 24.3 Å². The smallest absolute Gasteiger partial charge is 0.419 e. The number of rotatable bonds is 7. The number of nitrogens with one attached hydrogen (secondary N) is 1. The molecule has 3 rings (SSSR count). The highest BCUT2D eigenvalue weighted by Crippen LogP contribution is 2.37. The number of fused-ring (bicyclic) bond motifs is 1. The second-order valence-corrected chi connectivity index (χ2v) is 6.84. The second-order valence-electron chi connectivity index (χ2n) is 6.84. The summed E-state index contributed by atoms with van der Waals surface area (Å²) in [5, 5.41) is 12.7. The van der Waals surface area contributed by atoms with E-state index in [1.807, 2.05) is 5.32 Å². The summed E-state index contributed by atoms with van der Waals surface area (Å²) in [6.45, 7) is 1.04. The van der Waals surface area contributed by atoms with Gasteiger partial charge in [-0.2, -0.15) is 13.2 Å². The predicted molar refractivity (Wildman–Crippen MR) is 107 cm³/mol. The van der Waals surface area contributed by atoms with E-state index in [0.717, 1.165) is 19.1 Å². The molecular formula is C20H16F3N3O7. The van der Waals surface area contributed by atoms with Gasteiger partial charge in [-0.05, 0) is 25.1 Å². The number of aromatic nitrogens is 1. The minimum atomic E-state index is -4.98. The van der Waals surface area contributed by atoms with Gasteiger partial charge in [-0.1, -0.05) is 12.1 Å². The molecule has 1 unspecified atom stereocenters. The molecule has 0 fully saturated rings. The maximum Gasteiger partial charge on any atom is 0.419 e. The largest absolute Gasteiger partial charge is 0.452 e. The number of hydrogen-bond acceptors (Lipinski definition) is 7. The first-order chi connectivity index (χ1) is 15.5. The summed E-state index contributed by atoms with van der Waals surface area (Å²) in [6, 6.07) is 8.36. The van der Waals surface area contributed by atoms with Crippen LogP contribution in [-0.4, -0.2) is 27.5 Å². The molecule has 0 radical (unpaired) electrons. The van der Waals surface area contributed by atoms with Gasteiger partial charge in [0.05, 0.1) is 28.1 Å². The van der Waals surface area contributed by atoms with Gasteiger partial charge in [-0.25, -0.2) is 4.79 Å². The van der Waals surface area contributed by atoms with Crippen molar-refractivity contribution in [1.29, 1.82) is 0 Å². The number of ether oxygens (including phenoxy) is 1. The number of aryl methyl sites for hydroxylation is 1. The molecule has 0 aliphatic rings. The molecule has 1 N–H and O–H groups in total. The van der Waals surface area contributed by atoms with Gasteiger partial charge < -0.3 is 14.5 Å². The van der Waals surface area contributed by atoms with Gasteiger partial charge in [0.25, 0.3) is 11.6 Å². The monoisotopic (exact) mass is 467 g/mol. The molecule has 0 aliphatic carbocycles. The number of nitro benzene ring substituents is 1. The molecule has 0 spiro atoms. The number of anilines is 1. The number of carbonyl (C=O) groups is 2. The number of nitrogens with zero attached hydrogens (tertiary/aromatic N) is 2. The Morgan fingerprint density at radius 2 is 1.94 bits per heavy atom. The number of halogens is 3. The lowest BCUT2D eigenvalue weighted by molar-refractivity contribution is -0.385. The third-order valence-electron chi connectivity index (χ3n) is 4.57. The number of non-ortho nitro benzene ring substituents is 1. The predicted octanol–water partition coefficient (Wildman–Crippen LogP) is 3.48. The van der Waals surface area contributed by atoms with E-state index in [2.05, 4.69) is 0 Å². The molecule has 0 bridgehead atoms. The molecule has 13 heteroatoms. The number of amides is 1. The van der Waals surface area contributed by atoms with E-state index < -0.39 is 51.8 Å². The van der Waals surface area contributed by atoms with Crippen LogP contribution in [0, 0.1) is 10.1 Å². The van der Waals surface area contributed by atoms with Crippen molar-refractivity contribution in [1.82, 2.24) is 4.57 Å². The average Bonchev–Trinajstić information content (AvgIpc) is 3.06.